The number of nitrogens with two attached hydrogens (primary N) is 1. The van der Waals surface area contributed by atoms with Crippen LogP contribution in [0, 0.1) is 0 Å². The van der Waals surface area contributed by atoms with E-state index < -0.39 is 17.1 Å². The lowest BCUT2D eigenvalue weighted by molar-refractivity contribution is 0.0516. The van der Waals surface area contributed by atoms with Gasteiger partial charge in [-0.3, -0.25) is 0 Å². The highest BCUT2D eigenvalue weighted by atomic mass is 16.6. The highest BCUT2D eigenvalue weighted by Crippen LogP contribution is 2.37. The van der Waals surface area contributed by atoms with Crippen LogP contribution in [0.4, 0.5) is 4.79 Å². The number of fused-ring (bicyclic) bond motifs is 1. The molecule has 2 rings (SSSR count). The van der Waals surface area contributed by atoms with Gasteiger partial charge < -0.3 is 20.5 Å². The minimum absolute atomic E-state index is 0.396. The topological polar surface area (TPSA) is 73.6 Å². The van der Waals surface area contributed by atoms with Crippen molar-refractivity contribution >= 4 is 6.09 Å². The Balaban J connectivity index is 2.13. The van der Waals surface area contributed by atoms with E-state index >= 15 is 0 Å². The molecular weight excluding hydrogens is 280 g/mol. The van der Waals surface area contributed by atoms with Crippen LogP contribution >= 0.6 is 0 Å². The first-order chi connectivity index (χ1) is 10.2. The second-order valence-corrected chi connectivity index (χ2v) is 7.01. The SMILES string of the molecule is CC(C)(C)OC(=O)NCC(C)(CN)c1cccc2c1OCC2. The fourth-order valence-corrected chi connectivity index (χ4v) is 2.55. The number of hydrogen-bond acceptors (Lipinski definition) is 4. The second-order valence-electron chi connectivity index (χ2n) is 7.01. The molecule has 5 heteroatoms. The Morgan fingerprint density at radius 1 is 1.36 bits per heavy atom. The maximum absolute atomic E-state index is 11.9. The molecule has 1 aliphatic rings. The van der Waals surface area contributed by atoms with E-state index in [0.29, 0.717) is 19.7 Å². The zero-order valence-electron chi connectivity index (χ0n) is 13.9. The summed E-state index contributed by atoms with van der Waals surface area (Å²) in [5.74, 6) is 0.918. The molecule has 0 saturated carbocycles. The molecule has 0 saturated heterocycles. The molecule has 1 aromatic carbocycles. The van der Waals surface area contributed by atoms with Gasteiger partial charge in [0.25, 0.3) is 0 Å². The number of hydrogen-bond donors (Lipinski definition) is 2. The van der Waals surface area contributed by atoms with Crippen LogP contribution in [-0.2, 0) is 16.6 Å². The molecule has 1 aliphatic heterocycles. The Hall–Kier alpha value is -1.75. The molecule has 0 aromatic heterocycles. The summed E-state index contributed by atoms with van der Waals surface area (Å²) in [6.07, 6.45) is 0.490. The van der Waals surface area contributed by atoms with E-state index in [1.165, 1.54) is 5.56 Å². The van der Waals surface area contributed by atoms with Crippen LogP contribution in [0.5, 0.6) is 5.75 Å². The summed E-state index contributed by atoms with van der Waals surface area (Å²) >= 11 is 0. The van der Waals surface area contributed by atoms with Crippen LogP contribution in [0.15, 0.2) is 18.2 Å². The quantitative estimate of drug-likeness (QED) is 0.895. The first-order valence-corrected chi connectivity index (χ1v) is 7.67. The van der Waals surface area contributed by atoms with Crippen molar-refractivity contribution in [2.75, 3.05) is 19.7 Å². The van der Waals surface area contributed by atoms with E-state index in [-0.39, 0.29) is 0 Å². The second kappa shape index (κ2) is 6.16. The third-order valence-electron chi connectivity index (χ3n) is 3.84. The van der Waals surface area contributed by atoms with Gasteiger partial charge in [0.1, 0.15) is 11.4 Å². The highest BCUT2D eigenvalue weighted by molar-refractivity contribution is 5.68. The average Bonchev–Trinajstić information content (AvgIpc) is 2.91. The molecule has 22 heavy (non-hydrogen) atoms. The third kappa shape index (κ3) is 3.71. The van der Waals surface area contributed by atoms with Crippen LogP contribution in [0.25, 0.3) is 0 Å². The molecule has 0 radical (unpaired) electrons. The lowest BCUT2D eigenvalue weighted by Crippen LogP contribution is -2.45. The van der Waals surface area contributed by atoms with Gasteiger partial charge in [0.05, 0.1) is 6.61 Å². The van der Waals surface area contributed by atoms with Crippen LogP contribution in [0.3, 0.4) is 0 Å². The van der Waals surface area contributed by atoms with Crippen LogP contribution in [0.2, 0.25) is 0 Å². The van der Waals surface area contributed by atoms with E-state index in [0.717, 1.165) is 17.7 Å². The van der Waals surface area contributed by atoms with Crippen LogP contribution < -0.4 is 15.8 Å². The van der Waals surface area contributed by atoms with Crippen molar-refractivity contribution in [3.63, 3.8) is 0 Å². The summed E-state index contributed by atoms with van der Waals surface area (Å²) in [7, 11) is 0. The van der Waals surface area contributed by atoms with Crippen molar-refractivity contribution in [3.05, 3.63) is 29.3 Å². The predicted octanol–water partition coefficient (Wildman–Crippen LogP) is 2.36. The number of nitrogens with one attached hydrogen (secondary N) is 1. The minimum Gasteiger partial charge on any atom is -0.493 e. The minimum atomic E-state index is -0.514. The van der Waals surface area contributed by atoms with Gasteiger partial charge in [0.2, 0.25) is 0 Å². The van der Waals surface area contributed by atoms with Crippen molar-refractivity contribution in [2.45, 2.75) is 45.1 Å². The van der Waals surface area contributed by atoms with Crippen molar-refractivity contribution in [2.24, 2.45) is 5.73 Å². The van der Waals surface area contributed by atoms with Gasteiger partial charge in [-0.25, -0.2) is 4.79 Å². The van der Waals surface area contributed by atoms with Gasteiger partial charge >= 0.3 is 6.09 Å². The molecule has 122 valence electrons. The molecule has 0 spiro atoms. The lowest BCUT2D eigenvalue weighted by Gasteiger charge is -2.31. The number of rotatable bonds is 4. The van der Waals surface area contributed by atoms with Gasteiger partial charge in [0, 0.05) is 30.5 Å². The molecule has 5 nitrogen and oxygen atoms in total. The summed E-state index contributed by atoms with van der Waals surface area (Å²) < 4.78 is 11.0. The first kappa shape index (κ1) is 16.6. The smallest absolute Gasteiger partial charge is 0.407 e. The molecule has 1 atom stereocenters. The van der Waals surface area contributed by atoms with Crippen LogP contribution in [0.1, 0.15) is 38.8 Å². The molecule has 1 aromatic rings. The Morgan fingerprint density at radius 2 is 2.09 bits per heavy atom. The number of ether oxygens (including phenoxy) is 2. The monoisotopic (exact) mass is 306 g/mol. The molecule has 3 N–H and O–H groups in total. The van der Waals surface area contributed by atoms with Gasteiger partial charge in [-0.05, 0) is 26.3 Å². The largest absolute Gasteiger partial charge is 0.493 e. The van der Waals surface area contributed by atoms with Gasteiger partial charge in [-0.15, -0.1) is 0 Å². The standard InChI is InChI=1S/C17H26N2O3/c1-16(2,3)22-15(20)19-11-17(4,10-18)13-7-5-6-12-8-9-21-14(12)13/h5-7H,8-11,18H2,1-4H3,(H,19,20). The number of carbonyl (C=O) groups excluding carboxylic acids is 1. The normalized spacial score (nSPS) is 16.4. The van der Waals surface area contributed by atoms with Crippen molar-refractivity contribution in [3.8, 4) is 5.75 Å². The maximum atomic E-state index is 11.9. The summed E-state index contributed by atoms with van der Waals surface area (Å²) in [6.45, 7) is 9.06. The first-order valence-electron chi connectivity index (χ1n) is 7.67. The van der Waals surface area contributed by atoms with Gasteiger partial charge in [0.15, 0.2) is 0 Å². The third-order valence-corrected chi connectivity index (χ3v) is 3.84. The fraction of sp³-hybridized carbons (Fsp3) is 0.588. The average molecular weight is 306 g/mol. The fourth-order valence-electron chi connectivity index (χ4n) is 2.55. The summed E-state index contributed by atoms with van der Waals surface area (Å²) in [4.78, 5) is 11.9. The van der Waals surface area contributed by atoms with Crippen molar-refractivity contribution in [1.82, 2.24) is 5.32 Å². The zero-order valence-corrected chi connectivity index (χ0v) is 13.9. The number of para-hydroxylation sites is 1. The highest BCUT2D eigenvalue weighted by Gasteiger charge is 2.32. The van der Waals surface area contributed by atoms with Gasteiger partial charge in [-0.1, -0.05) is 25.1 Å². The van der Waals surface area contributed by atoms with E-state index in [9.17, 15) is 4.79 Å². The Morgan fingerprint density at radius 3 is 2.73 bits per heavy atom. The number of amides is 1. The maximum Gasteiger partial charge on any atom is 0.407 e. The molecular formula is C17H26N2O3. The summed E-state index contributed by atoms with van der Waals surface area (Å²) in [6, 6.07) is 6.11. The Labute approximate surface area is 132 Å². The van der Waals surface area contributed by atoms with E-state index in [1.807, 2.05) is 39.8 Å². The Bertz CT molecular complexity index is 551. The molecule has 0 fully saturated rings. The summed E-state index contributed by atoms with van der Waals surface area (Å²) in [5.41, 5.74) is 7.33. The predicted molar refractivity (Wildman–Crippen MR) is 86.3 cm³/mol. The van der Waals surface area contributed by atoms with E-state index in [1.54, 1.807) is 0 Å². The van der Waals surface area contributed by atoms with E-state index in [2.05, 4.69) is 11.4 Å². The number of benzene rings is 1. The van der Waals surface area contributed by atoms with Crippen molar-refractivity contribution in [1.29, 1.82) is 0 Å². The molecule has 1 unspecified atom stereocenters. The molecule has 1 amide bonds. The van der Waals surface area contributed by atoms with Gasteiger partial charge in [-0.2, -0.15) is 0 Å². The zero-order chi connectivity index (χ0) is 16.4. The Kier molecular flexibility index (Phi) is 4.66. The summed E-state index contributed by atoms with van der Waals surface area (Å²) in [5, 5.41) is 2.82. The van der Waals surface area contributed by atoms with Crippen LogP contribution in [-0.4, -0.2) is 31.4 Å². The number of alkyl carbamates (subject to hydrolysis) is 1. The lowest BCUT2D eigenvalue weighted by atomic mass is 9.81. The molecule has 1 heterocycles. The molecule has 0 aliphatic carbocycles. The molecule has 0 bridgehead atoms. The van der Waals surface area contributed by atoms with E-state index in [4.69, 9.17) is 15.2 Å². The number of carbonyl (C=O) groups is 1. The van der Waals surface area contributed by atoms with Crippen molar-refractivity contribution < 1.29 is 14.3 Å².